The van der Waals surface area contributed by atoms with E-state index in [9.17, 15) is 4.79 Å². The molecule has 17 heavy (non-hydrogen) atoms. The summed E-state index contributed by atoms with van der Waals surface area (Å²) in [6.45, 7) is 0. The van der Waals surface area contributed by atoms with Crippen molar-refractivity contribution < 1.29 is 4.79 Å². The van der Waals surface area contributed by atoms with Crippen LogP contribution in [0.25, 0.3) is 0 Å². The minimum absolute atomic E-state index is 0.0773. The van der Waals surface area contributed by atoms with Gasteiger partial charge < -0.3 is 11.1 Å². The fraction of sp³-hybridized carbons (Fsp3) is 0.333. The van der Waals surface area contributed by atoms with Gasteiger partial charge in [-0.3, -0.25) is 4.79 Å². The van der Waals surface area contributed by atoms with Gasteiger partial charge in [0, 0.05) is 4.90 Å². The van der Waals surface area contributed by atoms with Crippen molar-refractivity contribution in [2.24, 2.45) is 11.1 Å². The molecule has 3 N–H and O–H groups in total. The van der Waals surface area contributed by atoms with E-state index in [1.54, 1.807) is 11.8 Å². The van der Waals surface area contributed by atoms with Gasteiger partial charge in [-0.25, -0.2) is 0 Å². The molecule has 1 fully saturated rings. The zero-order chi connectivity index (χ0) is 12.5. The molecule has 5 heteroatoms. The number of anilines is 1. The summed E-state index contributed by atoms with van der Waals surface area (Å²) in [6.07, 6.45) is 3.50. The first kappa shape index (κ1) is 12.4. The van der Waals surface area contributed by atoms with Crippen molar-refractivity contribution in [2.75, 3.05) is 11.6 Å². The number of benzene rings is 1. The molecule has 1 saturated carbocycles. The van der Waals surface area contributed by atoms with Gasteiger partial charge >= 0.3 is 0 Å². The summed E-state index contributed by atoms with van der Waals surface area (Å²) in [4.78, 5) is 13.5. The predicted octanol–water partition coefficient (Wildman–Crippen LogP) is 2.41. The van der Waals surface area contributed by atoms with Crippen LogP contribution in [0.2, 0.25) is 0 Å². The highest BCUT2D eigenvalue weighted by Gasteiger charge is 2.52. The van der Waals surface area contributed by atoms with E-state index in [0.29, 0.717) is 4.99 Å². The van der Waals surface area contributed by atoms with E-state index >= 15 is 0 Å². The molecule has 0 radical (unpaired) electrons. The topological polar surface area (TPSA) is 55.1 Å². The second-order valence-electron chi connectivity index (χ2n) is 4.10. The van der Waals surface area contributed by atoms with Crippen LogP contribution in [0.5, 0.6) is 0 Å². The Labute approximate surface area is 110 Å². The molecule has 90 valence electrons. The van der Waals surface area contributed by atoms with Gasteiger partial charge in [-0.2, -0.15) is 0 Å². The average molecular weight is 266 g/mol. The van der Waals surface area contributed by atoms with Crippen molar-refractivity contribution in [3.8, 4) is 0 Å². The Balaban J connectivity index is 2.16. The number of nitrogens with one attached hydrogen (secondary N) is 1. The summed E-state index contributed by atoms with van der Waals surface area (Å²) in [6, 6.07) is 7.71. The minimum atomic E-state index is -0.596. The summed E-state index contributed by atoms with van der Waals surface area (Å²) in [7, 11) is 0. The summed E-state index contributed by atoms with van der Waals surface area (Å²) >= 11 is 6.56. The van der Waals surface area contributed by atoms with E-state index in [1.165, 1.54) is 0 Å². The van der Waals surface area contributed by atoms with Crippen molar-refractivity contribution in [1.29, 1.82) is 0 Å². The molecule has 1 aliphatic rings. The number of para-hydroxylation sites is 1. The maximum Gasteiger partial charge on any atom is 0.237 e. The van der Waals surface area contributed by atoms with Gasteiger partial charge in [0.15, 0.2) is 0 Å². The number of thiocarbonyl (C=S) groups is 1. The number of carbonyl (C=O) groups is 1. The molecule has 0 aromatic heterocycles. The predicted molar refractivity (Wildman–Crippen MR) is 75.3 cm³/mol. The van der Waals surface area contributed by atoms with Crippen LogP contribution >= 0.6 is 24.0 Å². The third kappa shape index (κ3) is 2.30. The summed E-state index contributed by atoms with van der Waals surface area (Å²) < 4.78 is 0. The molecule has 1 aromatic carbocycles. The lowest BCUT2D eigenvalue weighted by Crippen LogP contribution is -2.35. The van der Waals surface area contributed by atoms with E-state index in [4.69, 9.17) is 18.0 Å². The number of hydrogen-bond acceptors (Lipinski definition) is 3. The fourth-order valence-electron chi connectivity index (χ4n) is 1.70. The normalized spacial score (nSPS) is 16.3. The van der Waals surface area contributed by atoms with Crippen LogP contribution in [-0.2, 0) is 4.79 Å². The van der Waals surface area contributed by atoms with Crippen LogP contribution in [0.4, 0.5) is 5.69 Å². The standard InChI is InChI=1S/C12H14N2OS2/c1-17-9-5-3-2-4-8(9)14-11(15)12(6-7-12)10(13)16/h2-5H,6-7H2,1H3,(H2,13,16)(H,14,15). The molecule has 0 bridgehead atoms. The molecule has 1 aromatic rings. The number of nitrogens with two attached hydrogens (primary N) is 1. The maximum atomic E-state index is 12.1. The van der Waals surface area contributed by atoms with Gasteiger partial charge in [0.1, 0.15) is 0 Å². The van der Waals surface area contributed by atoms with Gasteiger partial charge in [-0.1, -0.05) is 24.4 Å². The van der Waals surface area contributed by atoms with E-state index in [-0.39, 0.29) is 5.91 Å². The molecule has 0 spiro atoms. The first-order valence-corrected chi connectivity index (χ1v) is 6.98. The number of carbonyl (C=O) groups excluding carboxylic acids is 1. The van der Waals surface area contributed by atoms with Gasteiger partial charge in [0.05, 0.1) is 16.1 Å². The number of rotatable bonds is 4. The molecule has 0 unspecified atom stereocenters. The first-order valence-electron chi connectivity index (χ1n) is 5.34. The molecular formula is C12H14N2OS2. The Hall–Kier alpha value is -1.07. The molecular weight excluding hydrogens is 252 g/mol. The smallest absolute Gasteiger partial charge is 0.237 e. The van der Waals surface area contributed by atoms with Crippen LogP contribution in [0.15, 0.2) is 29.2 Å². The lowest BCUT2D eigenvalue weighted by Gasteiger charge is -2.15. The molecule has 0 aliphatic heterocycles. The van der Waals surface area contributed by atoms with E-state index in [2.05, 4.69) is 5.32 Å². The van der Waals surface area contributed by atoms with Crippen LogP contribution in [0.3, 0.4) is 0 Å². The Morgan fingerprint density at radius 3 is 2.65 bits per heavy atom. The molecule has 0 heterocycles. The lowest BCUT2D eigenvalue weighted by molar-refractivity contribution is -0.118. The van der Waals surface area contributed by atoms with E-state index in [0.717, 1.165) is 23.4 Å². The third-order valence-electron chi connectivity index (χ3n) is 3.01. The monoisotopic (exact) mass is 266 g/mol. The largest absolute Gasteiger partial charge is 0.392 e. The van der Waals surface area contributed by atoms with Crippen LogP contribution in [0, 0.1) is 5.41 Å². The maximum absolute atomic E-state index is 12.1. The molecule has 1 aliphatic carbocycles. The van der Waals surface area contributed by atoms with Crippen LogP contribution in [0.1, 0.15) is 12.8 Å². The van der Waals surface area contributed by atoms with Crippen LogP contribution in [-0.4, -0.2) is 17.2 Å². The average Bonchev–Trinajstić information content (AvgIpc) is 3.10. The summed E-state index contributed by atoms with van der Waals surface area (Å²) in [5, 5.41) is 2.92. The van der Waals surface area contributed by atoms with Gasteiger partial charge in [-0.15, -0.1) is 11.8 Å². The molecule has 0 saturated heterocycles. The second kappa shape index (κ2) is 4.66. The first-order chi connectivity index (χ1) is 8.10. The van der Waals surface area contributed by atoms with Crippen molar-refractivity contribution in [3.05, 3.63) is 24.3 Å². The number of hydrogen-bond donors (Lipinski definition) is 2. The van der Waals surface area contributed by atoms with Crippen molar-refractivity contribution >= 4 is 40.6 Å². The SMILES string of the molecule is CSc1ccccc1NC(=O)C1(C(N)=S)CC1. The van der Waals surface area contributed by atoms with Gasteiger partial charge in [0.25, 0.3) is 0 Å². The van der Waals surface area contributed by atoms with Gasteiger partial charge in [-0.05, 0) is 31.2 Å². The van der Waals surface area contributed by atoms with Crippen LogP contribution < -0.4 is 11.1 Å². The Bertz CT molecular complexity index is 469. The van der Waals surface area contributed by atoms with Crippen molar-refractivity contribution in [2.45, 2.75) is 17.7 Å². The van der Waals surface area contributed by atoms with Gasteiger partial charge in [0.2, 0.25) is 5.91 Å². The Morgan fingerprint density at radius 2 is 2.12 bits per heavy atom. The number of amides is 1. The summed E-state index contributed by atoms with van der Waals surface area (Å²) in [5.41, 5.74) is 5.85. The quantitative estimate of drug-likeness (QED) is 0.649. The zero-order valence-corrected chi connectivity index (χ0v) is 11.2. The van der Waals surface area contributed by atoms with E-state index in [1.807, 2.05) is 30.5 Å². The highest BCUT2D eigenvalue weighted by Crippen LogP contribution is 2.47. The minimum Gasteiger partial charge on any atom is -0.392 e. The zero-order valence-electron chi connectivity index (χ0n) is 9.53. The molecule has 2 rings (SSSR count). The highest BCUT2D eigenvalue weighted by atomic mass is 32.2. The van der Waals surface area contributed by atoms with Crippen molar-refractivity contribution in [1.82, 2.24) is 0 Å². The molecule has 1 amide bonds. The lowest BCUT2D eigenvalue weighted by atomic mass is 10.1. The summed E-state index contributed by atoms with van der Waals surface area (Å²) in [5.74, 6) is -0.0773. The Kier molecular flexibility index (Phi) is 3.40. The van der Waals surface area contributed by atoms with E-state index < -0.39 is 5.41 Å². The third-order valence-corrected chi connectivity index (χ3v) is 4.20. The molecule has 3 nitrogen and oxygen atoms in total. The number of thioether (sulfide) groups is 1. The second-order valence-corrected chi connectivity index (χ2v) is 5.39. The van der Waals surface area contributed by atoms with Crippen molar-refractivity contribution in [3.63, 3.8) is 0 Å². The fourth-order valence-corrected chi connectivity index (χ4v) is 2.55. The molecule has 0 atom stereocenters. The Morgan fingerprint density at radius 1 is 1.47 bits per heavy atom. The highest BCUT2D eigenvalue weighted by molar-refractivity contribution is 7.98.